The summed E-state index contributed by atoms with van der Waals surface area (Å²) in [4.78, 5) is 27.5. The highest BCUT2D eigenvalue weighted by Crippen LogP contribution is 2.71. The van der Waals surface area contributed by atoms with Crippen molar-refractivity contribution in [2.45, 2.75) is 104 Å². The van der Waals surface area contributed by atoms with E-state index < -0.39 is 32.2 Å². The highest BCUT2D eigenvalue weighted by Gasteiger charge is 2.72. The third kappa shape index (κ3) is 6.21. The van der Waals surface area contributed by atoms with Crippen LogP contribution in [0, 0.1) is 16.7 Å². The lowest BCUT2D eigenvalue weighted by Crippen LogP contribution is -2.60. The van der Waals surface area contributed by atoms with Crippen LogP contribution in [0.2, 0.25) is 19.6 Å². The summed E-state index contributed by atoms with van der Waals surface area (Å²) in [5.41, 5.74) is 0.797. The summed E-state index contributed by atoms with van der Waals surface area (Å²) in [6, 6.07) is 18.9. The van der Waals surface area contributed by atoms with Crippen LogP contribution in [0.25, 0.3) is 0 Å². The van der Waals surface area contributed by atoms with E-state index in [1.807, 2.05) is 67.6 Å². The molecule has 2 saturated carbocycles. The van der Waals surface area contributed by atoms with Gasteiger partial charge in [0.15, 0.2) is 14.1 Å². The van der Waals surface area contributed by atoms with E-state index in [2.05, 4.69) is 45.7 Å². The monoisotopic (exact) mass is 565 g/mol. The average molecular weight is 566 g/mol. The number of hydrogen-bond donors (Lipinski definition) is 1. The number of ketones is 1. The molecule has 2 fully saturated rings. The molecule has 2 aliphatic rings. The smallest absolute Gasteiger partial charge is 0.407 e. The molecular weight excluding hydrogens is 518 g/mol. The first kappa shape index (κ1) is 30.5. The summed E-state index contributed by atoms with van der Waals surface area (Å²) < 4.78 is 18.7. The summed E-state index contributed by atoms with van der Waals surface area (Å²) in [7, 11) is -2.09. The van der Waals surface area contributed by atoms with E-state index in [1.165, 1.54) is 0 Å². The summed E-state index contributed by atoms with van der Waals surface area (Å²) >= 11 is 0. The molecule has 0 saturated heterocycles. The molecule has 7 heteroatoms. The summed E-state index contributed by atoms with van der Waals surface area (Å²) in [5, 5.41) is 2.98. The van der Waals surface area contributed by atoms with Crippen LogP contribution in [-0.4, -0.2) is 37.9 Å². The zero-order chi connectivity index (χ0) is 29.2. The molecule has 1 N–H and O–H groups in total. The van der Waals surface area contributed by atoms with Crippen molar-refractivity contribution in [1.82, 2.24) is 5.32 Å². The predicted molar refractivity (Wildman–Crippen MR) is 160 cm³/mol. The van der Waals surface area contributed by atoms with E-state index in [0.717, 1.165) is 30.4 Å². The third-order valence-electron chi connectivity index (χ3n) is 9.64. The highest BCUT2D eigenvalue weighted by molar-refractivity contribution is 6.70. The van der Waals surface area contributed by atoms with Gasteiger partial charge in [-0.05, 0) is 68.3 Å². The number of fused-ring (bicyclic) bond motifs is 2. The van der Waals surface area contributed by atoms with Gasteiger partial charge in [0, 0.05) is 11.8 Å². The molecule has 0 aromatic heterocycles. The van der Waals surface area contributed by atoms with Gasteiger partial charge in [0.05, 0.1) is 18.8 Å². The fourth-order valence-electron chi connectivity index (χ4n) is 6.94. The van der Waals surface area contributed by atoms with Crippen LogP contribution in [-0.2, 0) is 31.9 Å². The number of amides is 1. The van der Waals surface area contributed by atoms with Gasteiger partial charge in [0.2, 0.25) is 0 Å². The minimum absolute atomic E-state index is 0.00469. The standard InChI is InChI=1S/C33H47NO5Si/c1-24(37-22-25-14-10-8-11-15-25)28(34-30(36)38-23-26-16-12-9-13-17-26)20-29(35)33(39-40(5,6)7)21-27-18-19-32(33,4)31(27,2)3/h8-17,24,27-28H,18-23H2,1-7H3,(H,34,36)/t24-,27+,28+,32+,33-/m0/s1. The molecule has 2 aromatic carbocycles. The van der Waals surface area contributed by atoms with E-state index in [4.69, 9.17) is 13.9 Å². The van der Waals surface area contributed by atoms with Crippen LogP contribution in [0.5, 0.6) is 0 Å². The molecule has 1 amide bonds. The molecule has 2 aromatic rings. The van der Waals surface area contributed by atoms with Crippen LogP contribution < -0.4 is 5.32 Å². The Labute approximate surface area is 241 Å². The quantitative estimate of drug-likeness (QED) is 0.274. The maximum absolute atomic E-state index is 14.5. The molecule has 2 bridgehead atoms. The maximum atomic E-state index is 14.5. The van der Waals surface area contributed by atoms with Crippen LogP contribution in [0.4, 0.5) is 4.79 Å². The van der Waals surface area contributed by atoms with Crippen molar-refractivity contribution >= 4 is 20.2 Å². The Morgan fingerprint density at radius 2 is 1.52 bits per heavy atom. The van der Waals surface area contributed by atoms with E-state index in [0.29, 0.717) is 12.5 Å². The van der Waals surface area contributed by atoms with Gasteiger partial charge in [-0.15, -0.1) is 0 Å². The van der Waals surface area contributed by atoms with Crippen molar-refractivity contribution in [3.8, 4) is 0 Å². The van der Waals surface area contributed by atoms with Crippen LogP contribution in [0.15, 0.2) is 60.7 Å². The first-order chi connectivity index (χ1) is 18.8. The molecule has 0 aliphatic heterocycles. The number of rotatable bonds is 12. The SMILES string of the molecule is C[C@H](OCc1ccccc1)[C@@H](CC(=O)[C@@]1(O[Si](C)(C)C)C[C@H]2CC[C@]1(C)C2(C)C)NC(=O)OCc1ccccc1. The number of Topliss-reactive ketones (excluding diaryl/α,β-unsaturated/α-hetero) is 1. The van der Waals surface area contributed by atoms with Gasteiger partial charge in [-0.25, -0.2) is 4.79 Å². The van der Waals surface area contributed by atoms with Crippen molar-refractivity contribution in [1.29, 1.82) is 0 Å². The zero-order valence-corrected chi connectivity index (χ0v) is 26.3. The molecule has 40 heavy (non-hydrogen) atoms. The molecule has 218 valence electrons. The van der Waals surface area contributed by atoms with Gasteiger partial charge in [0.1, 0.15) is 12.2 Å². The minimum Gasteiger partial charge on any atom is -0.445 e. The minimum atomic E-state index is -2.09. The second kappa shape index (κ2) is 11.8. The largest absolute Gasteiger partial charge is 0.445 e. The molecule has 4 rings (SSSR count). The van der Waals surface area contributed by atoms with Gasteiger partial charge in [-0.3, -0.25) is 4.79 Å². The molecular formula is C33H47NO5Si. The first-order valence-electron chi connectivity index (χ1n) is 14.6. The Balaban J connectivity index is 1.55. The second-order valence-electron chi connectivity index (χ2n) is 13.5. The number of carbonyl (C=O) groups excluding carboxylic acids is 2. The Hall–Kier alpha value is -2.48. The van der Waals surface area contributed by atoms with Gasteiger partial charge >= 0.3 is 6.09 Å². The average Bonchev–Trinajstić information content (AvgIpc) is 3.23. The van der Waals surface area contributed by atoms with Crippen molar-refractivity contribution in [2.24, 2.45) is 16.7 Å². The molecule has 5 atom stereocenters. The van der Waals surface area contributed by atoms with Crippen molar-refractivity contribution in [3.05, 3.63) is 71.8 Å². The van der Waals surface area contributed by atoms with E-state index >= 15 is 0 Å². The Morgan fingerprint density at radius 3 is 2.02 bits per heavy atom. The van der Waals surface area contributed by atoms with Crippen molar-refractivity contribution < 1.29 is 23.5 Å². The fourth-order valence-corrected chi connectivity index (χ4v) is 8.40. The molecule has 6 nitrogen and oxygen atoms in total. The zero-order valence-electron chi connectivity index (χ0n) is 25.3. The number of ether oxygens (including phenoxy) is 2. The van der Waals surface area contributed by atoms with Crippen LogP contribution in [0.3, 0.4) is 0 Å². The summed E-state index contributed by atoms with van der Waals surface area (Å²) in [6.07, 6.45) is 1.98. The lowest BCUT2D eigenvalue weighted by Gasteiger charge is -2.50. The molecule has 0 spiro atoms. The summed E-state index contributed by atoms with van der Waals surface area (Å²) in [5.74, 6) is 0.503. The van der Waals surface area contributed by atoms with Gasteiger partial charge in [-0.1, -0.05) is 81.4 Å². The fraction of sp³-hybridized carbons (Fsp3) is 0.576. The van der Waals surface area contributed by atoms with Gasteiger partial charge in [0.25, 0.3) is 0 Å². The topological polar surface area (TPSA) is 73.9 Å². The molecule has 2 aliphatic carbocycles. The van der Waals surface area contributed by atoms with Crippen molar-refractivity contribution in [2.75, 3.05) is 0 Å². The van der Waals surface area contributed by atoms with Crippen molar-refractivity contribution in [3.63, 3.8) is 0 Å². The maximum Gasteiger partial charge on any atom is 0.407 e. The number of hydrogen-bond acceptors (Lipinski definition) is 5. The van der Waals surface area contributed by atoms with E-state index in [-0.39, 0.29) is 29.6 Å². The Bertz CT molecular complexity index is 1160. The van der Waals surface area contributed by atoms with Gasteiger partial charge in [-0.2, -0.15) is 0 Å². The number of nitrogens with one attached hydrogen (secondary N) is 1. The predicted octanol–water partition coefficient (Wildman–Crippen LogP) is 7.28. The lowest BCUT2D eigenvalue weighted by atomic mass is 9.62. The normalized spacial score (nSPS) is 26.7. The Kier molecular flexibility index (Phi) is 8.98. The number of alkyl carbamates (subject to hydrolysis) is 1. The second-order valence-corrected chi connectivity index (χ2v) is 17.9. The number of carbonyl (C=O) groups is 2. The Morgan fingerprint density at radius 1 is 0.950 bits per heavy atom. The number of benzene rings is 2. The van der Waals surface area contributed by atoms with E-state index in [1.54, 1.807) is 0 Å². The lowest BCUT2D eigenvalue weighted by molar-refractivity contribution is -0.152. The van der Waals surface area contributed by atoms with Gasteiger partial charge < -0.3 is 19.2 Å². The highest BCUT2D eigenvalue weighted by atomic mass is 28.4. The first-order valence-corrected chi connectivity index (χ1v) is 18.0. The van der Waals surface area contributed by atoms with E-state index in [9.17, 15) is 9.59 Å². The third-order valence-corrected chi connectivity index (χ3v) is 10.6. The van der Waals surface area contributed by atoms with Crippen LogP contribution >= 0.6 is 0 Å². The molecule has 0 heterocycles. The molecule has 0 unspecified atom stereocenters. The van der Waals surface area contributed by atoms with Crippen LogP contribution in [0.1, 0.15) is 64.5 Å². The molecule has 0 radical (unpaired) electrons. The summed E-state index contributed by atoms with van der Waals surface area (Å²) in [6.45, 7) is 15.8.